The van der Waals surface area contributed by atoms with E-state index in [0.29, 0.717) is 12.0 Å². The van der Waals surface area contributed by atoms with Gasteiger partial charge in [0, 0.05) is 12.6 Å². The molecule has 2 N–H and O–H groups in total. The number of rotatable bonds is 4. The van der Waals surface area contributed by atoms with Crippen LogP contribution in [0.4, 0.5) is 0 Å². The molecular weight excluding hydrogens is 208 g/mol. The van der Waals surface area contributed by atoms with Crippen LogP contribution in [0.2, 0.25) is 0 Å². The summed E-state index contributed by atoms with van der Waals surface area (Å²) in [5, 5.41) is 0. The van der Waals surface area contributed by atoms with Crippen LogP contribution in [0, 0.1) is 17.8 Å². The maximum Gasteiger partial charge on any atom is 0.00740 e. The van der Waals surface area contributed by atoms with Gasteiger partial charge in [0.2, 0.25) is 0 Å². The summed E-state index contributed by atoms with van der Waals surface area (Å²) in [6.45, 7) is 8.38. The van der Waals surface area contributed by atoms with Gasteiger partial charge in [-0.1, -0.05) is 33.1 Å². The maximum atomic E-state index is 6.14. The van der Waals surface area contributed by atoms with Crippen LogP contribution in [-0.4, -0.2) is 30.6 Å². The van der Waals surface area contributed by atoms with Crippen LogP contribution >= 0.6 is 0 Å². The van der Waals surface area contributed by atoms with Gasteiger partial charge in [0.25, 0.3) is 0 Å². The second kappa shape index (κ2) is 6.19. The van der Waals surface area contributed by atoms with Crippen LogP contribution in [-0.2, 0) is 0 Å². The number of hydrogen-bond acceptors (Lipinski definition) is 2. The molecule has 2 nitrogen and oxygen atoms in total. The van der Waals surface area contributed by atoms with Gasteiger partial charge in [-0.05, 0) is 50.1 Å². The second-order valence-corrected chi connectivity index (χ2v) is 6.59. The fourth-order valence-electron chi connectivity index (χ4n) is 3.54. The largest absolute Gasteiger partial charge is 0.327 e. The number of nitrogens with zero attached hydrogens (tertiary/aromatic N) is 1. The Labute approximate surface area is 107 Å². The topological polar surface area (TPSA) is 29.3 Å². The Balaban J connectivity index is 1.72. The van der Waals surface area contributed by atoms with E-state index >= 15 is 0 Å². The van der Waals surface area contributed by atoms with Crippen molar-refractivity contribution in [2.24, 2.45) is 23.5 Å². The van der Waals surface area contributed by atoms with Crippen molar-refractivity contribution in [1.29, 1.82) is 0 Å². The number of hydrogen-bond donors (Lipinski definition) is 1. The molecule has 0 radical (unpaired) electrons. The Morgan fingerprint density at radius 2 is 1.82 bits per heavy atom. The van der Waals surface area contributed by atoms with E-state index in [4.69, 9.17) is 5.73 Å². The van der Waals surface area contributed by atoms with E-state index in [1.54, 1.807) is 0 Å². The van der Waals surface area contributed by atoms with Gasteiger partial charge in [0.15, 0.2) is 0 Å². The molecule has 100 valence electrons. The highest BCUT2D eigenvalue weighted by Crippen LogP contribution is 2.36. The number of nitrogens with two attached hydrogens (primary N) is 1. The number of likely N-dealkylation sites (tertiary alicyclic amines) is 1. The molecule has 1 heterocycles. The zero-order valence-corrected chi connectivity index (χ0v) is 11.7. The molecule has 0 spiro atoms. The summed E-state index contributed by atoms with van der Waals surface area (Å²) in [5.41, 5.74) is 6.14. The van der Waals surface area contributed by atoms with Gasteiger partial charge < -0.3 is 10.6 Å². The van der Waals surface area contributed by atoms with Gasteiger partial charge in [-0.3, -0.25) is 0 Å². The maximum absolute atomic E-state index is 6.14. The molecule has 2 aliphatic rings. The molecule has 0 aromatic rings. The lowest BCUT2D eigenvalue weighted by molar-refractivity contribution is 0.0838. The van der Waals surface area contributed by atoms with E-state index in [-0.39, 0.29) is 0 Å². The highest BCUT2D eigenvalue weighted by molar-refractivity contribution is 4.84. The normalized spacial score (nSPS) is 32.5. The molecule has 0 unspecified atom stereocenters. The predicted octanol–water partition coefficient (Wildman–Crippen LogP) is 2.87. The van der Waals surface area contributed by atoms with Crippen molar-refractivity contribution >= 4 is 0 Å². The van der Waals surface area contributed by atoms with Crippen molar-refractivity contribution in [1.82, 2.24) is 4.90 Å². The molecule has 0 aromatic heterocycles. The third-order valence-electron chi connectivity index (χ3n) is 5.01. The zero-order chi connectivity index (χ0) is 12.3. The minimum Gasteiger partial charge on any atom is -0.327 e. The Morgan fingerprint density at radius 1 is 1.12 bits per heavy atom. The molecule has 1 saturated carbocycles. The van der Waals surface area contributed by atoms with E-state index in [9.17, 15) is 0 Å². The summed E-state index contributed by atoms with van der Waals surface area (Å²) in [6.07, 6.45) is 8.57. The first-order valence-electron chi connectivity index (χ1n) is 7.64. The highest BCUT2D eigenvalue weighted by atomic mass is 15.1. The minimum atomic E-state index is 0.388. The van der Waals surface area contributed by atoms with E-state index in [0.717, 1.165) is 11.8 Å². The third-order valence-corrected chi connectivity index (χ3v) is 5.01. The predicted molar refractivity (Wildman–Crippen MR) is 73.9 cm³/mol. The minimum absolute atomic E-state index is 0.388. The van der Waals surface area contributed by atoms with E-state index in [2.05, 4.69) is 18.7 Å². The lowest BCUT2D eigenvalue weighted by Gasteiger charge is -2.41. The smallest absolute Gasteiger partial charge is 0.00740 e. The van der Waals surface area contributed by atoms with Gasteiger partial charge >= 0.3 is 0 Å². The molecule has 0 aromatic carbocycles. The van der Waals surface area contributed by atoms with E-state index in [1.165, 1.54) is 58.2 Å². The summed E-state index contributed by atoms with van der Waals surface area (Å²) >= 11 is 0. The number of fused-ring (bicyclic) bond motifs is 1. The Hall–Kier alpha value is -0.0800. The van der Waals surface area contributed by atoms with Crippen molar-refractivity contribution in [3.63, 3.8) is 0 Å². The van der Waals surface area contributed by atoms with Gasteiger partial charge in [0.05, 0.1) is 0 Å². The van der Waals surface area contributed by atoms with Crippen LogP contribution in [0.5, 0.6) is 0 Å². The molecule has 2 heteroatoms. The van der Waals surface area contributed by atoms with Gasteiger partial charge in [-0.2, -0.15) is 0 Å². The van der Waals surface area contributed by atoms with Crippen molar-refractivity contribution in [2.75, 3.05) is 19.6 Å². The van der Waals surface area contributed by atoms with E-state index in [1.807, 2.05) is 0 Å². The molecule has 2 rings (SSSR count). The highest BCUT2D eigenvalue weighted by Gasteiger charge is 2.30. The summed E-state index contributed by atoms with van der Waals surface area (Å²) in [5.74, 6) is 2.69. The van der Waals surface area contributed by atoms with Gasteiger partial charge in [0.1, 0.15) is 0 Å². The Kier molecular flexibility index (Phi) is 4.87. The lowest BCUT2D eigenvalue weighted by Crippen LogP contribution is -2.43. The third kappa shape index (κ3) is 3.69. The van der Waals surface area contributed by atoms with Crippen LogP contribution in [0.15, 0.2) is 0 Å². The molecule has 3 atom stereocenters. The molecule has 1 saturated heterocycles. The fraction of sp³-hybridized carbons (Fsp3) is 1.00. The fourth-order valence-corrected chi connectivity index (χ4v) is 3.54. The Bertz CT molecular complexity index is 227. The molecule has 0 bridgehead atoms. The first kappa shape index (κ1) is 13.4. The van der Waals surface area contributed by atoms with Crippen molar-refractivity contribution in [2.45, 2.75) is 58.4 Å². The van der Waals surface area contributed by atoms with Crippen LogP contribution < -0.4 is 5.73 Å². The number of piperidine rings is 1. The van der Waals surface area contributed by atoms with Crippen LogP contribution in [0.1, 0.15) is 52.4 Å². The van der Waals surface area contributed by atoms with Crippen molar-refractivity contribution in [3.8, 4) is 0 Å². The Morgan fingerprint density at radius 3 is 2.53 bits per heavy atom. The van der Waals surface area contributed by atoms with Crippen molar-refractivity contribution in [3.05, 3.63) is 0 Å². The second-order valence-electron chi connectivity index (χ2n) is 6.59. The average Bonchev–Trinajstić information content (AvgIpc) is 2.35. The zero-order valence-electron chi connectivity index (χ0n) is 11.7. The molecular formula is C15H30N2. The molecule has 17 heavy (non-hydrogen) atoms. The summed E-state index contributed by atoms with van der Waals surface area (Å²) in [7, 11) is 0. The first-order chi connectivity index (χ1) is 8.16. The summed E-state index contributed by atoms with van der Waals surface area (Å²) in [6, 6.07) is 0.388. The van der Waals surface area contributed by atoms with Crippen LogP contribution in [0.3, 0.4) is 0 Å². The summed E-state index contributed by atoms with van der Waals surface area (Å²) in [4.78, 5) is 2.68. The molecule has 1 aliphatic heterocycles. The summed E-state index contributed by atoms with van der Waals surface area (Å²) < 4.78 is 0. The molecule has 0 amide bonds. The van der Waals surface area contributed by atoms with Gasteiger partial charge in [-0.15, -0.1) is 0 Å². The average molecular weight is 238 g/mol. The molecule has 2 fully saturated rings. The van der Waals surface area contributed by atoms with E-state index < -0.39 is 0 Å². The monoisotopic (exact) mass is 238 g/mol. The van der Waals surface area contributed by atoms with Crippen LogP contribution in [0.25, 0.3) is 0 Å². The van der Waals surface area contributed by atoms with Gasteiger partial charge in [-0.25, -0.2) is 0 Å². The molecule has 1 aliphatic carbocycles. The standard InChI is InChI=1S/C15H30N2/c1-12(2)15(16)8-10-17-9-7-13-5-3-4-6-14(13)11-17/h12-15H,3-11,16H2,1-2H3/t13-,14+,15+/m0/s1. The first-order valence-corrected chi connectivity index (χ1v) is 7.64. The quantitative estimate of drug-likeness (QED) is 0.816. The van der Waals surface area contributed by atoms with Crippen molar-refractivity contribution < 1.29 is 0 Å². The lowest BCUT2D eigenvalue weighted by atomic mass is 9.75. The SMILES string of the molecule is CC(C)[C@H](N)CCN1CC[C@@H]2CCCC[C@@H]2C1.